The van der Waals surface area contributed by atoms with Crippen LogP contribution in [-0.4, -0.2) is 14.9 Å². The molecule has 0 aromatic carbocycles. The first-order chi connectivity index (χ1) is 16.9. The highest BCUT2D eigenvalue weighted by molar-refractivity contribution is 7.07. The second-order valence-electron chi connectivity index (χ2n) is 11.7. The van der Waals surface area contributed by atoms with E-state index in [0.29, 0.717) is 16.2 Å². The van der Waals surface area contributed by atoms with Crippen LogP contribution in [-0.2, 0) is 7.05 Å². The van der Waals surface area contributed by atoms with Gasteiger partial charge in [-0.3, -0.25) is 4.68 Å². The summed E-state index contributed by atoms with van der Waals surface area (Å²) < 4.78 is 6.08. The van der Waals surface area contributed by atoms with Gasteiger partial charge in [-0.15, -0.1) is 0 Å². The quantitative estimate of drug-likeness (QED) is 0.276. The third-order valence-electron chi connectivity index (χ3n) is 1.41. The number of rotatable bonds is 0. The zero-order valence-corrected chi connectivity index (χ0v) is 29.2. The monoisotopic (exact) mass is 558 g/mol. The molecule has 3 aromatic heterocycles. The van der Waals surface area contributed by atoms with Crippen LogP contribution in [0.5, 0.6) is 0 Å². The van der Waals surface area contributed by atoms with Crippen molar-refractivity contribution in [2.24, 2.45) is 23.3 Å². The summed E-state index contributed by atoms with van der Waals surface area (Å²) in [6.07, 6.45) is 6.74. The fraction of sp³-hybridized carbons (Fsp3) is 0.697. The summed E-state index contributed by atoms with van der Waals surface area (Å²) in [5.41, 5.74) is 1.50. The zero-order chi connectivity index (χ0) is 31.0. The first kappa shape index (κ1) is 52.5. The molecule has 0 aliphatic heterocycles. The van der Waals surface area contributed by atoms with Gasteiger partial charge in [-0.25, -0.2) is 0 Å². The molecule has 3 rings (SSSR count). The van der Waals surface area contributed by atoms with Crippen LogP contribution in [0.4, 0.5) is 0 Å². The van der Waals surface area contributed by atoms with E-state index in [1.807, 2.05) is 83.7 Å². The number of thiophene rings is 1. The summed E-state index contributed by atoms with van der Waals surface area (Å²) in [5.74, 6) is 0. The van der Waals surface area contributed by atoms with Crippen LogP contribution in [0, 0.1) is 16.2 Å². The lowest BCUT2D eigenvalue weighted by Gasteiger charge is -2.05. The predicted molar refractivity (Wildman–Crippen MR) is 180 cm³/mol. The molecule has 230 valence electrons. The molecule has 4 nitrogen and oxygen atoms in total. The van der Waals surface area contributed by atoms with Crippen molar-refractivity contribution < 1.29 is 4.52 Å². The minimum Gasteiger partial charge on any atom is -0.365 e. The van der Waals surface area contributed by atoms with E-state index in [-0.39, 0.29) is 7.43 Å². The van der Waals surface area contributed by atoms with E-state index in [1.165, 1.54) is 6.26 Å². The maximum Gasteiger partial charge on any atom is 0.123 e. The Labute approximate surface area is 245 Å². The molecule has 0 aliphatic carbocycles. The number of nitrogens with zero attached hydrogens (tertiary/aromatic N) is 3. The van der Waals surface area contributed by atoms with E-state index in [0.717, 1.165) is 0 Å². The molecule has 3 aromatic rings. The highest BCUT2D eigenvalue weighted by atomic mass is 32.1. The molecule has 0 bridgehead atoms. The lowest BCUT2D eigenvalue weighted by atomic mass is 10.0. The van der Waals surface area contributed by atoms with E-state index in [9.17, 15) is 0 Å². The van der Waals surface area contributed by atoms with Crippen molar-refractivity contribution in [3.63, 3.8) is 0 Å². The van der Waals surface area contributed by atoms with Crippen molar-refractivity contribution in [3.05, 3.63) is 59.9 Å². The standard InChI is InChI=1S/3C5H12.C4H6N2.C4H4S.C3H3NO.3C2H6.CH4/c3*1-5(2,3)4;1-6-4-2-3-5-6;2*1-2-4-5-3-1;3*1-2;/h3*1-4H3;2-4H,1H3;1-4H;1-3H;3*1-2H3;1H4. The normalized spacial score (nSPS) is 8.71. The molecule has 38 heavy (non-hydrogen) atoms. The Morgan fingerprint density at radius 1 is 0.579 bits per heavy atom. The summed E-state index contributed by atoms with van der Waals surface area (Å²) >= 11 is 1.71. The lowest BCUT2D eigenvalue weighted by Crippen LogP contribution is -1.93. The van der Waals surface area contributed by atoms with E-state index in [2.05, 4.69) is 97.9 Å². The smallest absolute Gasteiger partial charge is 0.123 e. The van der Waals surface area contributed by atoms with Gasteiger partial charge in [-0.1, -0.05) is 149 Å². The molecule has 0 fully saturated rings. The van der Waals surface area contributed by atoms with E-state index < -0.39 is 0 Å². The van der Waals surface area contributed by atoms with Gasteiger partial charge in [0.05, 0.1) is 6.20 Å². The summed E-state index contributed by atoms with van der Waals surface area (Å²) in [7, 11) is 1.89. The fourth-order valence-corrected chi connectivity index (χ4v) is 1.20. The van der Waals surface area contributed by atoms with Crippen LogP contribution >= 0.6 is 11.3 Å². The first-order valence-electron chi connectivity index (χ1n) is 13.6. The van der Waals surface area contributed by atoms with Crippen LogP contribution in [0.1, 0.15) is 132 Å². The lowest BCUT2D eigenvalue weighted by molar-refractivity contribution is 0.420. The highest BCUT2D eigenvalue weighted by Gasteiger charge is 1.96. The Hall–Kier alpha value is -1.88. The Balaban J connectivity index is -0.0000000581. The molecule has 0 spiro atoms. The summed E-state index contributed by atoms with van der Waals surface area (Å²) in [5, 5.41) is 11.3. The van der Waals surface area contributed by atoms with Gasteiger partial charge >= 0.3 is 0 Å². The number of hydrogen-bond donors (Lipinski definition) is 0. The van der Waals surface area contributed by atoms with Crippen molar-refractivity contribution in [1.29, 1.82) is 0 Å². The Bertz CT molecular complexity index is 534. The Morgan fingerprint density at radius 3 is 1.00 bits per heavy atom. The van der Waals surface area contributed by atoms with Crippen molar-refractivity contribution in [2.45, 2.75) is 132 Å². The summed E-state index contributed by atoms with van der Waals surface area (Å²) in [4.78, 5) is 0. The molecule has 3 heterocycles. The molecule has 0 unspecified atom stereocenters. The van der Waals surface area contributed by atoms with E-state index >= 15 is 0 Å². The van der Waals surface area contributed by atoms with Gasteiger partial charge in [0, 0.05) is 19.4 Å². The van der Waals surface area contributed by atoms with Gasteiger partial charge < -0.3 is 4.52 Å². The molecule has 0 amide bonds. The molecular weight excluding hydrogens is 486 g/mol. The molecule has 0 aliphatic rings. The molecule has 0 saturated heterocycles. The summed E-state index contributed by atoms with van der Waals surface area (Å²) in [6, 6.07) is 7.65. The maximum atomic E-state index is 4.33. The number of aromatic nitrogens is 3. The second kappa shape index (κ2) is 37.3. The predicted octanol–water partition coefficient (Wildman–Crippen LogP) is 12.7. The average molecular weight is 558 g/mol. The van der Waals surface area contributed by atoms with E-state index in [1.54, 1.807) is 34.5 Å². The van der Waals surface area contributed by atoms with Crippen molar-refractivity contribution in [2.75, 3.05) is 0 Å². The molecule has 0 atom stereocenters. The van der Waals surface area contributed by atoms with Crippen molar-refractivity contribution in [3.8, 4) is 0 Å². The van der Waals surface area contributed by atoms with Gasteiger partial charge in [0.2, 0.25) is 0 Å². The van der Waals surface area contributed by atoms with Crippen molar-refractivity contribution >= 4 is 11.3 Å². The van der Waals surface area contributed by atoms with Crippen molar-refractivity contribution in [1.82, 2.24) is 14.9 Å². The van der Waals surface area contributed by atoms with Gasteiger partial charge in [0.1, 0.15) is 6.26 Å². The zero-order valence-electron chi connectivity index (χ0n) is 28.4. The fourth-order valence-electron chi connectivity index (χ4n) is 0.748. The maximum absolute atomic E-state index is 4.33. The van der Waals surface area contributed by atoms with Crippen LogP contribution < -0.4 is 0 Å². The molecule has 5 heteroatoms. The SMILES string of the molecule is C.CC.CC.CC.CC(C)(C)C.CC(C)(C)C.CC(C)(C)C.Cn1cccn1.c1ccsc1.c1cnoc1. The third kappa shape index (κ3) is 164. The molecule has 0 radical (unpaired) electrons. The van der Waals surface area contributed by atoms with Crippen LogP contribution in [0.15, 0.2) is 64.4 Å². The topological polar surface area (TPSA) is 43.9 Å². The van der Waals surface area contributed by atoms with Crippen LogP contribution in [0.3, 0.4) is 0 Å². The van der Waals surface area contributed by atoms with Gasteiger partial charge in [0.25, 0.3) is 0 Å². The highest BCUT2D eigenvalue weighted by Crippen LogP contribution is 2.08. The van der Waals surface area contributed by atoms with Gasteiger partial charge in [0.15, 0.2) is 0 Å². The minimum absolute atomic E-state index is 0. The molecule has 0 N–H and O–H groups in total. The van der Waals surface area contributed by atoms with Gasteiger partial charge in [-0.05, 0) is 39.1 Å². The largest absolute Gasteiger partial charge is 0.365 e. The molecule has 0 saturated carbocycles. The molecular formula is C33H71N3OS. The first-order valence-corrected chi connectivity index (χ1v) is 14.6. The third-order valence-corrected chi connectivity index (χ3v) is 2.04. The average Bonchev–Trinajstić information content (AvgIpc) is 3.54. The van der Waals surface area contributed by atoms with Crippen LogP contribution in [0.2, 0.25) is 0 Å². The summed E-state index contributed by atoms with van der Waals surface area (Å²) in [6.45, 7) is 38.2. The number of aryl methyl sites for hydroxylation is 1. The van der Waals surface area contributed by atoms with Gasteiger partial charge in [-0.2, -0.15) is 16.4 Å². The second-order valence-corrected chi connectivity index (χ2v) is 12.5. The number of hydrogen-bond acceptors (Lipinski definition) is 4. The van der Waals surface area contributed by atoms with Crippen LogP contribution in [0.25, 0.3) is 0 Å². The Kier molecular flexibility index (Phi) is 51.5. The minimum atomic E-state index is 0. The van der Waals surface area contributed by atoms with E-state index in [4.69, 9.17) is 0 Å². The Morgan fingerprint density at radius 2 is 0.921 bits per heavy atom.